The van der Waals surface area contributed by atoms with Crippen LogP contribution >= 0.6 is 24.0 Å². The standard InChI is InChI=1S/C16H24N4O2S.HI/c1-2-17-16(20-14-8-6-7-9-14)18-12-13-19-23(21,22)15-10-4-3-5-11-15;/h3-7,10-11,14,19H,2,8-9,12-13H2,1H3,(H2,17,18,20);1H. The molecule has 0 radical (unpaired) electrons. The molecule has 0 bridgehead atoms. The molecule has 134 valence electrons. The number of rotatable bonds is 7. The van der Waals surface area contributed by atoms with E-state index in [2.05, 4.69) is 32.5 Å². The number of hydrogen-bond acceptors (Lipinski definition) is 3. The Morgan fingerprint density at radius 2 is 1.88 bits per heavy atom. The fourth-order valence-corrected chi connectivity index (χ4v) is 3.32. The highest BCUT2D eigenvalue weighted by Gasteiger charge is 2.13. The molecule has 0 aliphatic heterocycles. The Morgan fingerprint density at radius 1 is 1.21 bits per heavy atom. The van der Waals surface area contributed by atoms with Gasteiger partial charge in [0.1, 0.15) is 0 Å². The molecule has 0 spiro atoms. The molecule has 0 amide bonds. The van der Waals surface area contributed by atoms with Crippen LogP contribution in [0.4, 0.5) is 0 Å². The quantitative estimate of drug-likeness (QED) is 0.189. The largest absolute Gasteiger partial charge is 0.357 e. The molecule has 1 aromatic rings. The van der Waals surface area contributed by atoms with Gasteiger partial charge in [0.2, 0.25) is 10.0 Å². The molecule has 6 nitrogen and oxygen atoms in total. The van der Waals surface area contributed by atoms with Crippen LogP contribution < -0.4 is 15.4 Å². The van der Waals surface area contributed by atoms with Gasteiger partial charge >= 0.3 is 0 Å². The van der Waals surface area contributed by atoms with Gasteiger partial charge in [0.05, 0.1) is 11.4 Å². The van der Waals surface area contributed by atoms with Gasteiger partial charge in [-0.2, -0.15) is 0 Å². The second kappa shape index (κ2) is 10.7. The first-order chi connectivity index (χ1) is 11.1. The summed E-state index contributed by atoms with van der Waals surface area (Å²) in [6, 6.07) is 8.71. The van der Waals surface area contributed by atoms with Crippen molar-refractivity contribution in [3.05, 3.63) is 42.5 Å². The number of guanidine groups is 1. The summed E-state index contributed by atoms with van der Waals surface area (Å²) in [6.45, 7) is 3.40. The molecule has 24 heavy (non-hydrogen) atoms. The Kier molecular flexibility index (Phi) is 9.30. The molecule has 0 unspecified atom stereocenters. The summed E-state index contributed by atoms with van der Waals surface area (Å²) >= 11 is 0. The van der Waals surface area contributed by atoms with Crippen LogP contribution in [0.2, 0.25) is 0 Å². The maximum Gasteiger partial charge on any atom is 0.240 e. The van der Waals surface area contributed by atoms with Crippen LogP contribution in [0.15, 0.2) is 52.4 Å². The highest BCUT2D eigenvalue weighted by atomic mass is 127. The Morgan fingerprint density at radius 3 is 2.50 bits per heavy atom. The van der Waals surface area contributed by atoms with Crippen molar-refractivity contribution in [1.82, 2.24) is 15.4 Å². The van der Waals surface area contributed by atoms with Crippen LogP contribution in [-0.4, -0.2) is 40.1 Å². The lowest BCUT2D eigenvalue weighted by Gasteiger charge is -2.16. The third kappa shape index (κ3) is 6.78. The van der Waals surface area contributed by atoms with Gasteiger partial charge in [0.25, 0.3) is 0 Å². The van der Waals surface area contributed by atoms with Crippen LogP contribution in [0.25, 0.3) is 0 Å². The lowest BCUT2D eigenvalue weighted by Crippen LogP contribution is -2.42. The molecule has 3 N–H and O–H groups in total. The van der Waals surface area contributed by atoms with Gasteiger partial charge in [-0.3, -0.25) is 4.99 Å². The first-order valence-electron chi connectivity index (χ1n) is 7.86. The first kappa shape index (κ1) is 20.9. The summed E-state index contributed by atoms with van der Waals surface area (Å²) in [4.78, 5) is 4.68. The van der Waals surface area contributed by atoms with Gasteiger partial charge < -0.3 is 10.6 Å². The lowest BCUT2D eigenvalue weighted by molar-refractivity contribution is 0.581. The minimum atomic E-state index is -3.46. The van der Waals surface area contributed by atoms with Gasteiger partial charge in [-0.25, -0.2) is 13.1 Å². The molecule has 0 saturated heterocycles. The van der Waals surface area contributed by atoms with Crippen molar-refractivity contribution < 1.29 is 8.42 Å². The molecule has 2 rings (SSSR count). The fraction of sp³-hybridized carbons (Fsp3) is 0.438. The fourth-order valence-electron chi connectivity index (χ4n) is 2.28. The zero-order valence-corrected chi connectivity index (χ0v) is 16.9. The number of hydrogen-bond donors (Lipinski definition) is 3. The van der Waals surface area contributed by atoms with E-state index in [0.29, 0.717) is 12.6 Å². The van der Waals surface area contributed by atoms with E-state index in [1.165, 1.54) is 0 Å². The van der Waals surface area contributed by atoms with E-state index in [1.807, 2.05) is 6.92 Å². The summed E-state index contributed by atoms with van der Waals surface area (Å²) < 4.78 is 26.7. The monoisotopic (exact) mass is 464 g/mol. The van der Waals surface area contributed by atoms with E-state index in [1.54, 1.807) is 30.3 Å². The van der Waals surface area contributed by atoms with Gasteiger partial charge in [0, 0.05) is 19.1 Å². The Hall–Kier alpha value is -1.13. The van der Waals surface area contributed by atoms with E-state index in [9.17, 15) is 8.42 Å². The molecule has 0 saturated carbocycles. The molecule has 1 aliphatic carbocycles. The number of nitrogens with zero attached hydrogens (tertiary/aromatic N) is 1. The van der Waals surface area contributed by atoms with Crippen LogP contribution in [0.1, 0.15) is 19.8 Å². The maximum atomic E-state index is 12.1. The van der Waals surface area contributed by atoms with Gasteiger partial charge in [-0.15, -0.1) is 24.0 Å². The minimum absolute atomic E-state index is 0. The van der Waals surface area contributed by atoms with Crippen LogP contribution in [0, 0.1) is 0 Å². The third-order valence-corrected chi connectivity index (χ3v) is 4.90. The number of sulfonamides is 1. The van der Waals surface area contributed by atoms with Crippen molar-refractivity contribution in [3.63, 3.8) is 0 Å². The van der Waals surface area contributed by atoms with Crippen LogP contribution in [-0.2, 0) is 10.0 Å². The smallest absolute Gasteiger partial charge is 0.240 e. The van der Waals surface area contributed by atoms with Gasteiger partial charge in [-0.05, 0) is 31.9 Å². The molecular formula is C16H25IN4O2S. The van der Waals surface area contributed by atoms with E-state index in [-0.39, 0.29) is 35.4 Å². The topological polar surface area (TPSA) is 82.6 Å². The van der Waals surface area contributed by atoms with Crippen LogP contribution in [0.3, 0.4) is 0 Å². The summed E-state index contributed by atoms with van der Waals surface area (Å²) in [7, 11) is -3.46. The normalized spacial score (nSPS) is 15.1. The number of aliphatic imine (C=N–C) groups is 1. The van der Waals surface area contributed by atoms with Crippen molar-refractivity contribution in [3.8, 4) is 0 Å². The number of nitrogens with one attached hydrogen (secondary N) is 3. The van der Waals surface area contributed by atoms with Crippen molar-refractivity contribution in [2.24, 2.45) is 4.99 Å². The molecule has 1 aliphatic rings. The minimum Gasteiger partial charge on any atom is -0.357 e. The van der Waals surface area contributed by atoms with Crippen LogP contribution in [0.5, 0.6) is 0 Å². The molecule has 8 heteroatoms. The molecule has 0 aromatic heterocycles. The summed E-state index contributed by atoms with van der Waals surface area (Å²) in [5.41, 5.74) is 0. The average molecular weight is 464 g/mol. The highest BCUT2D eigenvalue weighted by molar-refractivity contribution is 14.0. The zero-order valence-electron chi connectivity index (χ0n) is 13.7. The predicted octanol–water partition coefficient (Wildman–Crippen LogP) is 1.86. The van der Waals surface area contributed by atoms with Crippen molar-refractivity contribution in [1.29, 1.82) is 0 Å². The summed E-state index contributed by atoms with van der Waals surface area (Å²) in [5, 5.41) is 6.52. The first-order valence-corrected chi connectivity index (χ1v) is 9.34. The van der Waals surface area contributed by atoms with E-state index >= 15 is 0 Å². The van der Waals surface area contributed by atoms with Crippen molar-refractivity contribution in [2.75, 3.05) is 19.6 Å². The molecule has 1 aromatic carbocycles. The highest BCUT2D eigenvalue weighted by Crippen LogP contribution is 2.08. The van der Waals surface area contributed by atoms with Gasteiger partial charge in [-0.1, -0.05) is 30.4 Å². The van der Waals surface area contributed by atoms with E-state index in [0.717, 1.165) is 25.3 Å². The average Bonchev–Trinajstić information content (AvgIpc) is 3.05. The second-order valence-corrected chi connectivity index (χ2v) is 7.02. The zero-order chi connectivity index (χ0) is 16.5. The van der Waals surface area contributed by atoms with E-state index < -0.39 is 10.0 Å². The number of halogens is 1. The second-order valence-electron chi connectivity index (χ2n) is 5.26. The molecule has 0 fully saturated rings. The predicted molar refractivity (Wildman–Crippen MR) is 108 cm³/mol. The molecular weight excluding hydrogens is 439 g/mol. The lowest BCUT2D eigenvalue weighted by atomic mass is 10.2. The third-order valence-electron chi connectivity index (χ3n) is 3.42. The van der Waals surface area contributed by atoms with E-state index in [4.69, 9.17) is 0 Å². The molecule has 0 atom stereocenters. The van der Waals surface area contributed by atoms with Crippen molar-refractivity contribution in [2.45, 2.75) is 30.7 Å². The number of benzene rings is 1. The summed E-state index contributed by atoms with van der Waals surface area (Å²) in [6.07, 6.45) is 6.28. The maximum absolute atomic E-state index is 12.1. The molecule has 0 heterocycles. The Bertz CT molecular complexity index is 639. The Balaban J connectivity index is 0.00000288. The van der Waals surface area contributed by atoms with Crippen molar-refractivity contribution >= 4 is 40.0 Å². The SMILES string of the molecule is CCNC(=NCCNS(=O)(=O)c1ccccc1)NC1CC=CC1.I. The Labute approximate surface area is 161 Å². The summed E-state index contributed by atoms with van der Waals surface area (Å²) in [5.74, 6) is 0.722. The van der Waals surface area contributed by atoms with Gasteiger partial charge in [0.15, 0.2) is 5.96 Å².